The molecule has 0 spiro atoms. The zero-order chi connectivity index (χ0) is 19.4. The Morgan fingerprint density at radius 1 is 1.19 bits per heavy atom. The first-order chi connectivity index (χ1) is 12.8. The zero-order valence-electron chi connectivity index (χ0n) is 16.1. The molecule has 0 aliphatic carbocycles. The maximum Gasteiger partial charge on any atom is 0.317 e. The fourth-order valence-electron chi connectivity index (χ4n) is 3.19. The minimum atomic E-state index is -0.787. The molecule has 0 amide bonds. The number of rotatable bonds is 6. The molecule has 1 atom stereocenters. The maximum atomic E-state index is 10.9. The summed E-state index contributed by atoms with van der Waals surface area (Å²) in [5, 5.41) is 8.94. The lowest BCUT2D eigenvalue weighted by Crippen LogP contribution is -2.29. The minimum absolute atomic E-state index is 0.0365. The van der Waals surface area contributed by atoms with Crippen molar-refractivity contribution in [2.24, 2.45) is 0 Å². The summed E-state index contributed by atoms with van der Waals surface area (Å²) in [6.07, 6.45) is 0.890. The molecule has 0 radical (unpaired) electrons. The van der Waals surface area contributed by atoms with Crippen LogP contribution < -0.4 is 4.74 Å². The molecule has 1 N–H and O–H groups in total. The van der Waals surface area contributed by atoms with Gasteiger partial charge in [0.25, 0.3) is 0 Å². The van der Waals surface area contributed by atoms with Gasteiger partial charge in [-0.1, -0.05) is 56.8 Å². The van der Waals surface area contributed by atoms with Crippen molar-refractivity contribution in [2.75, 3.05) is 19.6 Å². The molecule has 0 saturated carbocycles. The lowest BCUT2D eigenvalue weighted by atomic mass is 9.87. The topological polar surface area (TPSA) is 49.8 Å². The molecule has 1 saturated heterocycles. The van der Waals surface area contributed by atoms with Crippen molar-refractivity contribution >= 4 is 17.7 Å². The van der Waals surface area contributed by atoms with Gasteiger partial charge in [-0.2, -0.15) is 0 Å². The summed E-state index contributed by atoms with van der Waals surface area (Å²) in [5.74, 6) is 0.0786. The molecule has 1 aliphatic heterocycles. The number of carboxylic acids is 1. The first-order valence-corrected chi connectivity index (χ1v) is 10.1. The third kappa shape index (κ3) is 5.50. The fraction of sp³-hybridized carbons (Fsp3) is 0.409. The quantitative estimate of drug-likeness (QED) is 0.783. The number of ether oxygens (including phenoxy) is 1. The fourth-order valence-corrected chi connectivity index (χ4v) is 4.08. The maximum absolute atomic E-state index is 10.9. The summed E-state index contributed by atoms with van der Waals surface area (Å²) in [4.78, 5) is 15.1. The van der Waals surface area contributed by atoms with Gasteiger partial charge < -0.3 is 9.84 Å². The van der Waals surface area contributed by atoms with Crippen LogP contribution in [0.25, 0.3) is 0 Å². The van der Waals surface area contributed by atoms with E-state index in [-0.39, 0.29) is 18.1 Å². The second-order valence-electron chi connectivity index (χ2n) is 7.98. The van der Waals surface area contributed by atoms with Crippen LogP contribution >= 0.6 is 11.8 Å². The zero-order valence-corrected chi connectivity index (χ0v) is 17.0. The first kappa shape index (κ1) is 19.8. The average molecular weight is 386 g/mol. The third-order valence-corrected chi connectivity index (χ3v) is 5.74. The summed E-state index contributed by atoms with van der Waals surface area (Å²) >= 11 is 1.70. The van der Waals surface area contributed by atoms with Gasteiger partial charge in [-0.05, 0) is 41.7 Å². The molecule has 1 heterocycles. The monoisotopic (exact) mass is 385 g/mol. The van der Waals surface area contributed by atoms with E-state index in [2.05, 4.69) is 51.1 Å². The van der Waals surface area contributed by atoms with E-state index in [1.165, 1.54) is 10.5 Å². The number of likely N-dealkylation sites (tertiary alicyclic amines) is 1. The summed E-state index contributed by atoms with van der Waals surface area (Å²) in [5.41, 5.74) is 1.47. The van der Waals surface area contributed by atoms with Crippen LogP contribution in [0.5, 0.6) is 5.75 Å². The third-order valence-electron chi connectivity index (χ3n) is 4.68. The van der Waals surface area contributed by atoms with E-state index in [1.807, 2.05) is 23.1 Å². The van der Waals surface area contributed by atoms with Gasteiger partial charge >= 0.3 is 5.97 Å². The number of aliphatic carboxylic acids is 1. The number of hydrogen-bond donors (Lipinski definition) is 1. The molecule has 2 aromatic carbocycles. The summed E-state index contributed by atoms with van der Waals surface area (Å²) in [6, 6.07) is 16.8. The Balaban J connectivity index is 1.67. The Morgan fingerprint density at radius 3 is 2.56 bits per heavy atom. The van der Waals surface area contributed by atoms with Crippen LogP contribution in [0.1, 0.15) is 32.8 Å². The summed E-state index contributed by atoms with van der Waals surface area (Å²) < 4.78 is 6.21. The standard InChI is InChI=1S/C22H27NO3S/c1-22(2,3)16-8-10-18(11-9-16)27-20-7-5-4-6-19(20)26-17-12-13-23(14-17)15-21(24)25/h4-11,17H,12-15H2,1-3H3,(H,24,25)/t17-/m1/s1. The lowest BCUT2D eigenvalue weighted by Gasteiger charge is -2.19. The number of nitrogens with zero attached hydrogens (tertiary/aromatic N) is 1. The number of para-hydroxylation sites is 1. The highest BCUT2D eigenvalue weighted by Crippen LogP contribution is 2.36. The number of benzene rings is 2. The van der Waals surface area contributed by atoms with E-state index in [9.17, 15) is 4.79 Å². The van der Waals surface area contributed by atoms with Gasteiger partial charge in [-0.25, -0.2) is 0 Å². The van der Waals surface area contributed by atoms with Gasteiger partial charge in [-0.3, -0.25) is 9.69 Å². The van der Waals surface area contributed by atoms with Crippen LogP contribution in [0.4, 0.5) is 0 Å². The SMILES string of the molecule is CC(C)(C)c1ccc(Sc2ccccc2O[C@@H]2CCN(CC(=O)O)C2)cc1. The molecule has 0 unspecified atom stereocenters. The summed E-state index contributed by atoms with van der Waals surface area (Å²) in [7, 11) is 0. The second-order valence-corrected chi connectivity index (χ2v) is 9.10. The van der Waals surface area contributed by atoms with Crippen LogP contribution in [0.3, 0.4) is 0 Å². The molecule has 4 nitrogen and oxygen atoms in total. The van der Waals surface area contributed by atoms with Gasteiger partial charge in [0.1, 0.15) is 11.9 Å². The van der Waals surface area contributed by atoms with Gasteiger partial charge in [0.2, 0.25) is 0 Å². The van der Waals surface area contributed by atoms with Gasteiger partial charge in [0.05, 0.1) is 11.4 Å². The van der Waals surface area contributed by atoms with Gasteiger partial charge in [0.15, 0.2) is 0 Å². The molecule has 0 aromatic heterocycles. The largest absolute Gasteiger partial charge is 0.488 e. The average Bonchev–Trinajstić information content (AvgIpc) is 3.02. The van der Waals surface area contributed by atoms with Crippen LogP contribution in [-0.2, 0) is 10.2 Å². The minimum Gasteiger partial charge on any atom is -0.488 e. The predicted octanol–water partition coefficient (Wildman–Crippen LogP) is 4.67. The van der Waals surface area contributed by atoms with E-state index >= 15 is 0 Å². The smallest absolute Gasteiger partial charge is 0.317 e. The molecular weight excluding hydrogens is 358 g/mol. The highest BCUT2D eigenvalue weighted by molar-refractivity contribution is 7.99. The van der Waals surface area contributed by atoms with Crippen molar-refractivity contribution in [1.82, 2.24) is 4.90 Å². The van der Waals surface area contributed by atoms with Crippen LogP contribution in [0.2, 0.25) is 0 Å². The van der Waals surface area contributed by atoms with E-state index in [0.29, 0.717) is 6.54 Å². The molecule has 27 heavy (non-hydrogen) atoms. The predicted molar refractivity (Wildman–Crippen MR) is 109 cm³/mol. The van der Waals surface area contributed by atoms with Crippen molar-refractivity contribution in [3.05, 3.63) is 54.1 Å². The van der Waals surface area contributed by atoms with E-state index in [4.69, 9.17) is 9.84 Å². The van der Waals surface area contributed by atoms with Crippen molar-refractivity contribution < 1.29 is 14.6 Å². The molecule has 3 rings (SSSR count). The Kier molecular flexibility index (Phi) is 6.12. The second kappa shape index (κ2) is 8.36. The van der Waals surface area contributed by atoms with Crippen LogP contribution in [-0.4, -0.2) is 41.7 Å². The van der Waals surface area contributed by atoms with Gasteiger partial charge in [0, 0.05) is 18.0 Å². The molecule has 2 aromatic rings. The van der Waals surface area contributed by atoms with Crippen molar-refractivity contribution in [3.8, 4) is 5.75 Å². The number of hydrogen-bond acceptors (Lipinski definition) is 4. The first-order valence-electron chi connectivity index (χ1n) is 9.29. The summed E-state index contributed by atoms with van der Waals surface area (Å²) in [6.45, 7) is 8.15. The lowest BCUT2D eigenvalue weighted by molar-refractivity contribution is -0.138. The highest BCUT2D eigenvalue weighted by Gasteiger charge is 2.26. The molecule has 5 heteroatoms. The van der Waals surface area contributed by atoms with Crippen molar-refractivity contribution in [1.29, 1.82) is 0 Å². The highest BCUT2D eigenvalue weighted by atomic mass is 32.2. The molecule has 1 aliphatic rings. The van der Waals surface area contributed by atoms with Gasteiger partial charge in [-0.15, -0.1) is 0 Å². The Labute approximate surface area is 165 Å². The van der Waals surface area contributed by atoms with Crippen LogP contribution in [0.15, 0.2) is 58.3 Å². The van der Waals surface area contributed by atoms with E-state index in [0.717, 1.165) is 23.6 Å². The molecular formula is C22H27NO3S. The Bertz CT molecular complexity index is 783. The number of carbonyl (C=O) groups is 1. The Hall–Kier alpha value is -1.98. The van der Waals surface area contributed by atoms with Crippen LogP contribution in [0, 0.1) is 0 Å². The van der Waals surface area contributed by atoms with Crippen molar-refractivity contribution in [3.63, 3.8) is 0 Å². The van der Waals surface area contributed by atoms with Crippen molar-refractivity contribution in [2.45, 2.75) is 48.5 Å². The number of carboxylic acid groups (broad SMARTS) is 1. The normalized spacial score (nSPS) is 17.8. The Morgan fingerprint density at radius 2 is 1.89 bits per heavy atom. The van der Waals surface area contributed by atoms with E-state index < -0.39 is 5.97 Å². The molecule has 144 valence electrons. The van der Waals surface area contributed by atoms with E-state index in [1.54, 1.807) is 11.8 Å². The molecule has 1 fully saturated rings. The molecule has 0 bridgehead atoms.